The van der Waals surface area contributed by atoms with Gasteiger partial charge in [0.2, 0.25) is 0 Å². The molecule has 3 rings (SSSR count). The number of aromatic nitrogens is 2. The van der Waals surface area contributed by atoms with Crippen LogP contribution in [0.3, 0.4) is 0 Å². The molecule has 2 heterocycles. The van der Waals surface area contributed by atoms with Crippen LogP contribution in [0.4, 0.5) is 0 Å². The molecule has 0 aliphatic carbocycles. The van der Waals surface area contributed by atoms with Gasteiger partial charge in [0.1, 0.15) is 0 Å². The monoisotopic (exact) mass is 285 g/mol. The summed E-state index contributed by atoms with van der Waals surface area (Å²) >= 11 is 0. The SMILES string of the molecule is CCCNC(c1ccnn1-c1ccccc1)C1CCOC1. The second kappa shape index (κ2) is 6.87. The van der Waals surface area contributed by atoms with Crippen LogP contribution < -0.4 is 5.32 Å². The predicted molar refractivity (Wildman–Crippen MR) is 83.5 cm³/mol. The number of ether oxygens (including phenoxy) is 1. The first kappa shape index (κ1) is 14.3. The molecule has 112 valence electrons. The van der Waals surface area contributed by atoms with E-state index in [2.05, 4.69) is 35.5 Å². The van der Waals surface area contributed by atoms with Gasteiger partial charge in [-0.05, 0) is 37.6 Å². The number of hydrogen-bond acceptors (Lipinski definition) is 3. The highest BCUT2D eigenvalue weighted by atomic mass is 16.5. The molecule has 1 N–H and O–H groups in total. The largest absolute Gasteiger partial charge is 0.381 e. The lowest BCUT2D eigenvalue weighted by Crippen LogP contribution is -2.31. The van der Waals surface area contributed by atoms with Crippen LogP contribution in [0.25, 0.3) is 5.69 Å². The number of nitrogens with zero attached hydrogens (tertiary/aromatic N) is 2. The van der Waals surface area contributed by atoms with E-state index in [-0.39, 0.29) is 0 Å². The van der Waals surface area contributed by atoms with E-state index >= 15 is 0 Å². The quantitative estimate of drug-likeness (QED) is 0.887. The minimum atomic E-state index is 0.301. The van der Waals surface area contributed by atoms with Gasteiger partial charge in [-0.1, -0.05) is 25.1 Å². The second-order valence-electron chi connectivity index (χ2n) is 5.56. The van der Waals surface area contributed by atoms with Gasteiger partial charge in [-0.3, -0.25) is 0 Å². The highest BCUT2D eigenvalue weighted by molar-refractivity contribution is 5.33. The molecule has 0 bridgehead atoms. The van der Waals surface area contributed by atoms with Crippen molar-refractivity contribution in [3.8, 4) is 5.69 Å². The lowest BCUT2D eigenvalue weighted by atomic mass is 9.95. The maximum Gasteiger partial charge on any atom is 0.0649 e. The highest BCUT2D eigenvalue weighted by Crippen LogP contribution is 2.29. The highest BCUT2D eigenvalue weighted by Gasteiger charge is 2.29. The molecule has 2 atom stereocenters. The Morgan fingerprint density at radius 1 is 1.33 bits per heavy atom. The van der Waals surface area contributed by atoms with Crippen LogP contribution in [0, 0.1) is 5.92 Å². The fourth-order valence-corrected chi connectivity index (χ4v) is 2.96. The summed E-state index contributed by atoms with van der Waals surface area (Å²) in [6.45, 7) is 4.92. The second-order valence-corrected chi connectivity index (χ2v) is 5.56. The number of nitrogens with one attached hydrogen (secondary N) is 1. The van der Waals surface area contributed by atoms with Gasteiger partial charge >= 0.3 is 0 Å². The van der Waals surface area contributed by atoms with Crippen LogP contribution in [-0.2, 0) is 4.74 Å². The summed E-state index contributed by atoms with van der Waals surface area (Å²) in [5.74, 6) is 0.524. The zero-order valence-electron chi connectivity index (χ0n) is 12.5. The third-order valence-electron chi connectivity index (χ3n) is 4.04. The Hall–Kier alpha value is -1.65. The maximum atomic E-state index is 5.59. The van der Waals surface area contributed by atoms with Crippen LogP contribution in [0.2, 0.25) is 0 Å². The van der Waals surface area contributed by atoms with Crippen molar-refractivity contribution in [2.24, 2.45) is 5.92 Å². The van der Waals surface area contributed by atoms with Crippen molar-refractivity contribution in [2.45, 2.75) is 25.8 Å². The minimum absolute atomic E-state index is 0.301. The Bertz CT molecular complexity index is 546. The zero-order chi connectivity index (χ0) is 14.5. The van der Waals surface area contributed by atoms with E-state index < -0.39 is 0 Å². The minimum Gasteiger partial charge on any atom is -0.381 e. The van der Waals surface area contributed by atoms with Crippen molar-refractivity contribution in [1.82, 2.24) is 15.1 Å². The molecule has 0 spiro atoms. The smallest absolute Gasteiger partial charge is 0.0649 e. The molecule has 2 aromatic rings. The lowest BCUT2D eigenvalue weighted by molar-refractivity contribution is 0.176. The van der Waals surface area contributed by atoms with Gasteiger partial charge in [0.15, 0.2) is 0 Å². The third-order valence-corrected chi connectivity index (χ3v) is 4.04. The predicted octanol–water partition coefficient (Wildman–Crippen LogP) is 2.95. The van der Waals surface area contributed by atoms with E-state index in [4.69, 9.17) is 4.74 Å². The summed E-state index contributed by atoms with van der Waals surface area (Å²) < 4.78 is 7.64. The summed E-state index contributed by atoms with van der Waals surface area (Å²) in [6, 6.07) is 12.7. The van der Waals surface area contributed by atoms with Crippen molar-refractivity contribution < 1.29 is 4.74 Å². The first-order valence-corrected chi connectivity index (χ1v) is 7.80. The molecule has 0 saturated carbocycles. The van der Waals surface area contributed by atoms with Gasteiger partial charge in [-0.2, -0.15) is 5.10 Å². The number of rotatable bonds is 6. The van der Waals surface area contributed by atoms with E-state index in [1.54, 1.807) is 0 Å². The van der Waals surface area contributed by atoms with Crippen LogP contribution in [0.1, 0.15) is 31.5 Å². The summed E-state index contributed by atoms with van der Waals surface area (Å²) in [5.41, 5.74) is 2.34. The first-order valence-electron chi connectivity index (χ1n) is 7.80. The molecule has 1 saturated heterocycles. The molecule has 0 radical (unpaired) electrons. The third kappa shape index (κ3) is 3.17. The fraction of sp³-hybridized carbons (Fsp3) is 0.471. The number of benzene rings is 1. The summed E-state index contributed by atoms with van der Waals surface area (Å²) in [6.07, 6.45) is 4.13. The molecule has 2 unspecified atom stereocenters. The normalized spacial score (nSPS) is 19.8. The van der Waals surface area contributed by atoms with Gasteiger partial charge < -0.3 is 10.1 Å². The molecule has 1 aromatic carbocycles. The average Bonchev–Trinajstić information content (AvgIpc) is 3.20. The van der Waals surface area contributed by atoms with Crippen LogP contribution in [0.5, 0.6) is 0 Å². The molecule has 1 aliphatic rings. The molecule has 1 aromatic heterocycles. The van der Waals surface area contributed by atoms with E-state index in [9.17, 15) is 0 Å². The lowest BCUT2D eigenvalue weighted by Gasteiger charge is -2.24. The maximum absolute atomic E-state index is 5.59. The molecular weight excluding hydrogens is 262 g/mol. The zero-order valence-corrected chi connectivity index (χ0v) is 12.5. The van der Waals surface area contributed by atoms with E-state index in [0.29, 0.717) is 12.0 Å². The molecule has 4 nitrogen and oxygen atoms in total. The first-order chi connectivity index (χ1) is 10.4. The summed E-state index contributed by atoms with van der Waals surface area (Å²) in [7, 11) is 0. The molecule has 4 heteroatoms. The molecular formula is C17H23N3O. The molecule has 0 amide bonds. The van der Waals surface area contributed by atoms with Crippen molar-refractivity contribution >= 4 is 0 Å². The summed E-state index contributed by atoms with van der Waals surface area (Å²) in [5, 5.41) is 8.21. The number of para-hydroxylation sites is 1. The van der Waals surface area contributed by atoms with Crippen molar-refractivity contribution in [1.29, 1.82) is 0 Å². The van der Waals surface area contributed by atoms with Gasteiger partial charge in [-0.25, -0.2) is 4.68 Å². The molecule has 1 fully saturated rings. The van der Waals surface area contributed by atoms with Crippen molar-refractivity contribution in [2.75, 3.05) is 19.8 Å². The summed E-state index contributed by atoms with van der Waals surface area (Å²) in [4.78, 5) is 0. The van der Waals surface area contributed by atoms with Crippen molar-refractivity contribution in [3.05, 3.63) is 48.3 Å². The van der Waals surface area contributed by atoms with Gasteiger partial charge in [0, 0.05) is 18.7 Å². The van der Waals surface area contributed by atoms with E-state index in [0.717, 1.165) is 38.3 Å². The Kier molecular flexibility index (Phi) is 4.68. The average molecular weight is 285 g/mol. The van der Waals surface area contributed by atoms with E-state index in [1.807, 2.05) is 29.1 Å². The van der Waals surface area contributed by atoms with Crippen LogP contribution >= 0.6 is 0 Å². The van der Waals surface area contributed by atoms with E-state index in [1.165, 1.54) is 5.69 Å². The number of hydrogen-bond donors (Lipinski definition) is 1. The standard InChI is InChI=1S/C17H23N3O/c1-2-10-18-17(14-9-12-21-13-14)16-8-11-19-20(16)15-6-4-3-5-7-15/h3-8,11,14,17-18H,2,9-10,12-13H2,1H3. The Labute approximate surface area is 126 Å². The van der Waals surface area contributed by atoms with Crippen LogP contribution in [0.15, 0.2) is 42.6 Å². The molecule has 21 heavy (non-hydrogen) atoms. The van der Waals surface area contributed by atoms with Gasteiger partial charge in [0.25, 0.3) is 0 Å². The topological polar surface area (TPSA) is 39.1 Å². The van der Waals surface area contributed by atoms with Gasteiger partial charge in [-0.15, -0.1) is 0 Å². The van der Waals surface area contributed by atoms with Crippen molar-refractivity contribution in [3.63, 3.8) is 0 Å². The molecule has 1 aliphatic heterocycles. The Morgan fingerprint density at radius 3 is 2.90 bits per heavy atom. The Balaban J connectivity index is 1.90. The van der Waals surface area contributed by atoms with Crippen LogP contribution in [-0.4, -0.2) is 29.5 Å². The fourth-order valence-electron chi connectivity index (χ4n) is 2.96. The Morgan fingerprint density at radius 2 is 2.19 bits per heavy atom. The van der Waals surface area contributed by atoms with Gasteiger partial charge in [0.05, 0.1) is 24.0 Å².